The first-order chi connectivity index (χ1) is 10.4. The molecule has 122 valence electrons. The second kappa shape index (κ2) is 6.94. The molecule has 1 aliphatic carbocycles. The molecule has 1 saturated carbocycles. The number of aryl methyl sites for hydroxylation is 2. The topological polar surface area (TPSA) is 75.4 Å². The Morgan fingerprint density at radius 3 is 2.50 bits per heavy atom. The average Bonchev–Trinajstić information content (AvgIpc) is 3.09. The van der Waals surface area contributed by atoms with Crippen LogP contribution in [0, 0.1) is 19.8 Å². The highest BCUT2D eigenvalue weighted by atomic mass is 16.5. The molecule has 0 aliphatic heterocycles. The van der Waals surface area contributed by atoms with Gasteiger partial charge in [0.25, 0.3) is 0 Å². The number of carbonyl (C=O) groups excluding carboxylic acids is 2. The first-order valence-electron chi connectivity index (χ1n) is 7.84. The Morgan fingerprint density at radius 2 is 2.00 bits per heavy atom. The van der Waals surface area contributed by atoms with Crippen molar-refractivity contribution in [3.8, 4) is 0 Å². The minimum Gasteiger partial charge on any atom is -0.361 e. The van der Waals surface area contributed by atoms with Gasteiger partial charge in [0, 0.05) is 19.5 Å². The van der Waals surface area contributed by atoms with E-state index in [1.165, 1.54) is 6.92 Å². The fourth-order valence-corrected chi connectivity index (χ4v) is 3.17. The number of rotatable bonds is 5. The van der Waals surface area contributed by atoms with Crippen LogP contribution in [0.25, 0.3) is 0 Å². The van der Waals surface area contributed by atoms with Gasteiger partial charge >= 0.3 is 0 Å². The quantitative estimate of drug-likeness (QED) is 0.902. The van der Waals surface area contributed by atoms with Crippen LogP contribution in [0.1, 0.15) is 49.6 Å². The molecule has 1 aliphatic rings. The molecular formula is C16H25N3O3. The van der Waals surface area contributed by atoms with Gasteiger partial charge in [0.05, 0.1) is 12.2 Å². The normalized spacial score (nSPS) is 16.5. The second-order valence-corrected chi connectivity index (χ2v) is 6.22. The lowest BCUT2D eigenvalue weighted by Gasteiger charge is -2.28. The van der Waals surface area contributed by atoms with E-state index >= 15 is 0 Å². The van der Waals surface area contributed by atoms with Gasteiger partial charge in [-0.05, 0) is 32.6 Å². The van der Waals surface area contributed by atoms with E-state index in [2.05, 4.69) is 10.5 Å². The van der Waals surface area contributed by atoms with Gasteiger partial charge in [-0.25, -0.2) is 0 Å². The lowest BCUT2D eigenvalue weighted by atomic mass is 9.96. The van der Waals surface area contributed by atoms with Crippen LogP contribution in [0.4, 0.5) is 0 Å². The SMILES string of the molecule is CC(=O)N[C@H](C(=O)N(C)Cc1c(C)noc1C)C1CCCC1. The molecule has 1 N–H and O–H groups in total. The molecule has 0 saturated heterocycles. The van der Waals surface area contributed by atoms with Crippen molar-refractivity contribution in [2.45, 2.75) is 59.0 Å². The number of nitrogens with zero attached hydrogens (tertiary/aromatic N) is 2. The summed E-state index contributed by atoms with van der Waals surface area (Å²) in [6, 6.07) is -0.425. The Balaban J connectivity index is 2.09. The molecule has 1 fully saturated rings. The Morgan fingerprint density at radius 1 is 1.36 bits per heavy atom. The van der Waals surface area contributed by atoms with Crippen molar-refractivity contribution in [3.63, 3.8) is 0 Å². The van der Waals surface area contributed by atoms with E-state index < -0.39 is 6.04 Å². The fourth-order valence-electron chi connectivity index (χ4n) is 3.17. The lowest BCUT2D eigenvalue weighted by Crippen LogP contribution is -2.50. The summed E-state index contributed by atoms with van der Waals surface area (Å²) < 4.78 is 5.14. The maximum atomic E-state index is 12.8. The largest absolute Gasteiger partial charge is 0.361 e. The molecule has 0 bridgehead atoms. The summed E-state index contributed by atoms with van der Waals surface area (Å²) in [5.41, 5.74) is 1.73. The summed E-state index contributed by atoms with van der Waals surface area (Å²) in [4.78, 5) is 25.9. The lowest BCUT2D eigenvalue weighted by molar-refractivity contribution is -0.137. The highest BCUT2D eigenvalue weighted by Gasteiger charge is 2.33. The minimum atomic E-state index is -0.425. The van der Waals surface area contributed by atoms with Gasteiger partial charge < -0.3 is 14.7 Å². The molecular weight excluding hydrogens is 282 g/mol. The number of carbonyl (C=O) groups is 2. The van der Waals surface area contributed by atoms with Crippen molar-refractivity contribution < 1.29 is 14.1 Å². The van der Waals surface area contributed by atoms with Gasteiger partial charge in [0.2, 0.25) is 11.8 Å². The van der Waals surface area contributed by atoms with Crippen LogP contribution in [0.3, 0.4) is 0 Å². The maximum absolute atomic E-state index is 12.8. The Bertz CT molecular complexity index is 527. The van der Waals surface area contributed by atoms with Crippen LogP contribution in [0.15, 0.2) is 4.52 Å². The van der Waals surface area contributed by atoms with E-state index in [1.807, 2.05) is 13.8 Å². The van der Waals surface area contributed by atoms with Crippen LogP contribution in [0.5, 0.6) is 0 Å². The minimum absolute atomic E-state index is 0.0397. The van der Waals surface area contributed by atoms with Crippen molar-refractivity contribution in [3.05, 3.63) is 17.0 Å². The van der Waals surface area contributed by atoms with E-state index in [0.717, 1.165) is 42.7 Å². The summed E-state index contributed by atoms with van der Waals surface area (Å²) in [7, 11) is 1.76. The van der Waals surface area contributed by atoms with Gasteiger partial charge in [-0.3, -0.25) is 9.59 Å². The maximum Gasteiger partial charge on any atom is 0.245 e. The number of likely N-dealkylation sites (N-methyl/N-ethyl adjacent to an activating group) is 1. The van der Waals surface area contributed by atoms with Crippen molar-refractivity contribution >= 4 is 11.8 Å². The third-order valence-electron chi connectivity index (χ3n) is 4.45. The first-order valence-corrected chi connectivity index (χ1v) is 7.84. The molecule has 1 aromatic heterocycles. The Kier molecular flexibility index (Phi) is 5.21. The first kappa shape index (κ1) is 16.5. The van der Waals surface area contributed by atoms with Crippen LogP contribution < -0.4 is 5.32 Å². The fraction of sp³-hybridized carbons (Fsp3) is 0.688. The molecule has 2 rings (SSSR count). The molecule has 1 atom stereocenters. The second-order valence-electron chi connectivity index (χ2n) is 6.22. The Hall–Kier alpha value is -1.85. The van der Waals surface area contributed by atoms with Gasteiger partial charge in [-0.15, -0.1) is 0 Å². The smallest absolute Gasteiger partial charge is 0.245 e. The molecule has 1 heterocycles. The molecule has 0 spiro atoms. The van der Waals surface area contributed by atoms with E-state index in [-0.39, 0.29) is 17.7 Å². The summed E-state index contributed by atoms with van der Waals surface area (Å²) in [5, 5.41) is 6.76. The number of hydrogen-bond acceptors (Lipinski definition) is 4. The number of amides is 2. The van der Waals surface area contributed by atoms with E-state index in [0.29, 0.717) is 6.54 Å². The molecule has 0 aromatic carbocycles. The van der Waals surface area contributed by atoms with Crippen molar-refractivity contribution in [2.75, 3.05) is 7.05 Å². The zero-order chi connectivity index (χ0) is 16.3. The zero-order valence-electron chi connectivity index (χ0n) is 13.8. The third kappa shape index (κ3) is 3.67. The number of hydrogen-bond donors (Lipinski definition) is 1. The zero-order valence-corrected chi connectivity index (χ0v) is 13.8. The summed E-state index contributed by atoms with van der Waals surface area (Å²) in [6.45, 7) is 5.62. The van der Waals surface area contributed by atoms with Crippen LogP contribution in [-0.2, 0) is 16.1 Å². The molecule has 1 aromatic rings. The molecule has 2 amide bonds. The van der Waals surface area contributed by atoms with Crippen LogP contribution >= 0.6 is 0 Å². The van der Waals surface area contributed by atoms with Crippen molar-refractivity contribution in [1.29, 1.82) is 0 Å². The number of aromatic nitrogens is 1. The van der Waals surface area contributed by atoms with Crippen LogP contribution in [-0.4, -0.2) is 35.0 Å². The molecule has 22 heavy (non-hydrogen) atoms. The van der Waals surface area contributed by atoms with Gasteiger partial charge in [0.15, 0.2) is 0 Å². The molecule has 6 nitrogen and oxygen atoms in total. The monoisotopic (exact) mass is 307 g/mol. The van der Waals surface area contributed by atoms with Gasteiger partial charge in [-0.1, -0.05) is 18.0 Å². The highest BCUT2D eigenvalue weighted by Crippen LogP contribution is 2.29. The van der Waals surface area contributed by atoms with Gasteiger partial charge in [-0.2, -0.15) is 0 Å². The van der Waals surface area contributed by atoms with E-state index in [4.69, 9.17) is 4.52 Å². The predicted octanol–water partition coefficient (Wildman–Crippen LogP) is 1.94. The number of nitrogens with one attached hydrogen (secondary N) is 1. The predicted molar refractivity (Wildman–Crippen MR) is 82.0 cm³/mol. The summed E-state index contributed by atoms with van der Waals surface area (Å²) >= 11 is 0. The average molecular weight is 307 g/mol. The van der Waals surface area contributed by atoms with Crippen molar-refractivity contribution in [1.82, 2.24) is 15.4 Å². The van der Waals surface area contributed by atoms with E-state index in [9.17, 15) is 9.59 Å². The van der Waals surface area contributed by atoms with Crippen molar-refractivity contribution in [2.24, 2.45) is 5.92 Å². The molecule has 6 heteroatoms. The molecule has 0 unspecified atom stereocenters. The van der Waals surface area contributed by atoms with E-state index in [1.54, 1.807) is 11.9 Å². The highest BCUT2D eigenvalue weighted by molar-refractivity contribution is 5.87. The van der Waals surface area contributed by atoms with Gasteiger partial charge in [0.1, 0.15) is 11.8 Å². The third-order valence-corrected chi connectivity index (χ3v) is 4.45. The standard InChI is InChI=1S/C16H25N3O3/c1-10-14(11(2)22-18-10)9-19(4)16(21)15(17-12(3)20)13-7-5-6-8-13/h13,15H,5-9H2,1-4H3,(H,17,20)/t15-/m0/s1. The summed E-state index contributed by atoms with van der Waals surface area (Å²) in [5.74, 6) is 0.774. The Labute approximate surface area is 131 Å². The molecule has 0 radical (unpaired) electrons. The van der Waals surface area contributed by atoms with Crippen LogP contribution in [0.2, 0.25) is 0 Å². The summed E-state index contributed by atoms with van der Waals surface area (Å²) in [6.07, 6.45) is 4.24.